The highest BCUT2D eigenvalue weighted by Crippen LogP contribution is 2.26. The molecule has 144 valence electrons. The van der Waals surface area contributed by atoms with Gasteiger partial charge in [0, 0.05) is 12.1 Å². The second-order valence-corrected chi connectivity index (χ2v) is 8.17. The van der Waals surface area contributed by atoms with Crippen LogP contribution < -0.4 is 9.04 Å². The Labute approximate surface area is 167 Å². The minimum Gasteiger partial charge on any atom is -0.423 e. The predicted octanol–water partition coefficient (Wildman–Crippen LogP) is 4.52. The van der Waals surface area contributed by atoms with Crippen LogP contribution in [0.5, 0.6) is 5.75 Å². The third-order valence-corrected chi connectivity index (χ3v) is 6.04. The van der Waals surface area contributed by atoms with Crippen LogP contribution in [0.2, 0.25) is 5.02 Å². The maximum absolute atomic E-state index is 13.9. The molecule has 0 aliphatic heterocycles. The van der Waals surface area contributed by atoms with Crippen molar-refractivity contribution in [1.82, 2.24) is 0 Å². The Morgan fingerprint density at radius 1 is 0.964 bits per heavy atom. The monoisotopic (exact) mass is 419 g/mol. The quantitative estimate of drug-likeness (QED) is 0.450. The van der Waals surface area contributed by atoms with E-state index >= 15 is 0 Å². The molecule has 3 rings (SSSR count). The van der Waals surface area contributed by atoms with Crippen LogP contribution >= 0.6 is 11.6 Å². The highest BCUT2D eigenvalue weighted by Gasteiger charge is 2.24. The Morgan fingerprint density at radius 3 is 2.18 bits per heavy atom. The van der Waals surface area contributed by atoms with Gasteiger partial charge in [0.05, 0.1) is 11.3 Å². The van der Waals surface area contributed by atoms with Crippen molar-refractivity contribution in [2.75, 3.05) is 11.4 Å². The normalized spacial score (nSPS) is 11.1. The van der Waals surface area contributed by atoms with Gasteiger partial charge in [-0.15, -0.1) is 0 Å². The van der Waals surface area contributed by atoms with Crippen LogP contribution in [-0.4, -0.2) is 21.4 Å². The second kappa shape index (κ2) is 8.00. The Balaban J connectivity index is 1.77. The lowest BCUT2D eigenvalue weighted by molar-refractivity contribution is 0.0735. The van der Waals surface area contributed by atoms with Crippen molar-refractivity contribution >= 4 is 33.3 Å². The van der Waals surface area contributed by atoms with Gasteiger partial charge in [-0.3, -0.25) is 4.31 Å². The summed E-state index contributed by atoms with van der Waals surface area (Å²) in [6.45, 7) is 0. The molecule has 0 aliphatic rings. The molecule has 0 saturated carbocycles. The number of hydrogen-bond donors (Lipinski definition) is 0. The molecule has 0 radical (unpaired) electrons. The fourth-order valence-electron chi connectivity index (χ4n) is 2.42. The van der Waals surface area contributed by atoms with Crippen molar-refractivity contribution in [3.63, 3.8) is 0 Å². The van der Waals surface area contributed by atoms with Gasteiger partial charge in [-0.2, -0.15) is 0 Å². The molecule has 0 aliphatic carbocycles. The molecule has 0 amide bonds. The summed E-state index contributed by atoms with van der Waals surface area (Å²) in [4.78, 5) is 11.7. The highest BCUT2D eigenvalue weighted by atomic mass is 35.5. The molecule has 0 spiro atoms. The maximum atomic E-state index is 13.9. The molecular formula is C20H15ClFNO4S. The first-order chi connectivity index (χ1) is 13.3. The van der Waals surface area contributed by atoms with E-state index in [0.717, 1.165) is 10.4 Å². The highest BCUT2D eigenvalue weighted by molar-refractivity contribution is 7.92. The predicted molar refractivity (Wildman–Crippen MR) is 105 cm³/mol. The lowest BCUT2D eigenvalue weighted by Crippen LogP contribution is -2.27. The van der Waals surface area contributed by atoms with Crippen LogP contribution in [0.15, 0.2) is 77.7 Å². The van der Waals surface area contributed by atoms with Crippen LogP contribution in [0, 0.1) is 5.82 Å². The lowest BCUT2D eigenvalue weighted by Gasteiger charge is -2.20. The first-order valence-corrected chi connectivity index (χ1v) is 9.92. The molecule has 0 N–H and O–H groups in total. The van der Waals surface area contributed by atoms with Gasteiger partial charge in [0.15, 0.2) is 0 Å². The summed E-state index contributed by atoms with van der Waals surface area (Å²) in [5, 5.41) is 0.500. The van der Waals surface area contributed by atoms with Gasteiger partial charge in [0.2, 0.25) is 0 Å². The molecule has 5 nitrogen and oxygen atoms in total. The summed E-state index contributed by atoms with van der Waals surface area (Å²) in [5.41, 5.74) is 0.613. The SMILES string of the molecule is CN(c1ccc(OC(=O)c2ccc(Cl)cc2)cc1)S(=O)(=O)c1ccccc1F. The van der Waals surface area contributed by atoms with E-state index in [-0.39, 0.29) is 11.4 Å². The van der Waals surface area contributed by atoms with Crippen molar-refractivity contribution in [1.29, 1.82) is 0 Å². The molecule has 0 heterocycles. The number of ether oxygens (including phenoxy) is 1. The molecule has 3 aromatic rings. The van der Waals surface area contributed by atoms with Crippen molar-refractivity contribution in [2.45, 2.75) is 4.90 Å². The zero-order valence-electron chi connectivity index (χ0n) is 14.7. The lowest BCUT2D eigenvalue weighted by atomic mass is 10.2. The van der Waals surface area contributed by atoms with Crippen LogP contribution in [0.3, 0.4) is 0 Å². The van der Waals surface area contributed by atoms with E-state index in [2.05, 4.69) is 0 Å². The van der Waals surface area contributed by atoms with E-state index < -0.39 is 26.7 Å². The average molecular weight is 420 g/mol. The van der Waals surface area contributed by atoms with E-state index in [1.54, 1.807) is 12.1 Å². The van der Waals surface area contributed by atoms with Gasteiger partial charge < -0.3 is 4.74 Å². The zero-order chi connectivity index (χ0) is 20.3. The number of esters is 1. The van der Waals surface area contributed by atoms with Gasteiger partial charge >= 0.3 is 5.97 Å². The summed E-state index contributed by atoms with van der Waals surface area (Å²) < 4.78 is 45.3. The number of anilines is 1. The zero-order valence-corrected chi connectivity index (χ0v) is 16.2. The van der Waals surface area contributed by atoms with Crippen LogP contribution in [0.4, 0.5) is 10.1 Å². The summed E-state index contributed by atoms with van der Waals surface area (Å²) in [7, 11) is -2.75. The average Bonchev–Trinajstić information content (AvgIpc) is 2.68. The molecule has 28 heavy (non-hydrogen) atoms. The molecule has 8 heteroatoms. The van der Waals surface area contributed by atoms with Gasteiger partial charge in [-0.05, 0) is 60.7 Å². The van der Waals surface area contributed by atoms with E-state index in [4.69, 9.17) is 16.3 Å². The minimum absolute atomic E-state index is 0.236. The summed E-state index contributed by atoms with van der Waals surface area (Å²) in [6, 6.07) is 17.2. The minimum atomic E-state index is -4.07. The molecular weight excluding hydrogens is 405 g/mol. The number of hydrogen-bond acceptors (Lipinski definition) is 4. The van der Waals surface area contributed by atoms with Crippen molar-refractivity contribution < 1.29 is 22.3 Å². The smallest absolute Gasteiger partial charge is 0.343 e. The summed E-state index contributed by atoms with van der Waals surface area (Å²) >= 11 is 5.79. The van der Waals surface area contributed by atoms with Crippen LogP contribution in [0.1, 0.15) is 10.4 Å². The number of rotatable bonds is 5. The largest absolute Gasteiger partial charge is 0.423 e. The molecule has 0 fully saturated rings. The van der Waals surface area contributed by atoms with Gasteiger partial charge in [0.25, 0.3) is 10.0 Å². The van der Waals surface area contributed by atoms with E-state index in [1.165, 1.54) is 61.6 Å². The first-order valence-electron chi connectivity index (χ1n) is 8.10. The molecule has 0 aromatic heterocycles. The van der Waals surface area contributed by atoms with E-state index in [1.807, 2.05) is 0 Å². The third kappa shape index (κ3) is 4.16. The number of carbonyl (C=O) groups excluding carboxylic acids is 1. The Hall–Kier alpha value is -2.90. The van der Waals surface area contributed by atoms with Crippen LogP contribution in [-0.2, 0) is 10.0 Å². The second-order valence-electron chi connectivity index (χ2n) is 5.79. The topological polar surface area (TPSA) is 63.7 Å². The summed E-state index contributed by atoms with van der Waals surface area (Å²) in [5.74, 6) is -1.17. The maximum Gasteiger partial charge on any atom is 0.343 e. The number of halogens is 2. The van der Waals surface area contributed by atoms with E-state index in [0.29, 0.717) is 10.6 Å². The molecule has 0 unspecified atom stereocenters. The van der Waals surface area contributed by atoms with Crippen molar-refractivity contribution in [3.8, 4) is 5.75 Å². The van der Waals surface area contributed by atoms with Gasteiger partial charge in [-0.25, -0.2) is 17.6 Å². The fraction of sp³-hybridized carbons (Fsp3) is 0.0500. The van der Waals surface area contributed by atoms with Crippen molar-refractivity contribution in [3.05, 3.63) is 89.2 Å². The molecule has 0 saturated heterocycles. The van der Waals surface area contributed by atoms with Gasteiger partial charge in [0.1, 0.15) is 16.5 Å². The Kier molecular flexibility index (Phi) is 5.67. The van der Waals surface area contributed by atoms with Gasteiger partial charge in [-0.1, -0.05) is 23.7 Å². The Bertz CT molecular complexity index is 1100. The summed E-state index contributed by atoms with van der Waals surface area (Å²) in [6.07, 6.45) is 0. The van der Waals surface area contributed by atoms with Crippen LogP contribution in [0.25, 0.3) is 0 Å². The fourth-order valence-corrected chi connectivity index (χ4v) is 3.80. The number of nitrogens with zero attached hydrogens (tertiary/aromatic N) is 1. The number of benzene rings is 3. The van der Waals surface area contributed by atoms with Crippen molar-refractivity contribution in [2.24, 2.45) is 0 Å². The first kappa shape index (κ1) is 19.9. The Morgan fingerprint density at radius 2 is 1.57 bits per heavy atom. The molecule has 3 aromatic carbocycles. The number of carbonyl (C=O) groups is 1. The third-order valence-electron chi connectivity index (χ3n) is 3.97. The molecule has 0 atom stereocenters. The van der Waals surface area contributed by atoms with E-state index in [9.17, 15) is 17.6 Å². The number of sulfonamides is 1. The standard InChI is InChI=1S/C20H15ClFNO4S/c1-23(28(25,26)19-5-3-2-4-18(19)22)16-10-12-17(13-11-16)27-20(24)14-6-8-15(21)9-7-14/h2-13H,1H3. The molecule has 0 bridgehead atoms.